The van der Waals surface area contributed by atoms with E-state index in [2.05, 4.69) is 174 Å². The molecule has 3 nitrogen and oxygen atoms in total. The van der Waals surface area contributed by atoms with Crippen molar-refractivity contribution in [2.24, 2.45) is 0 Å². The highest BCUT2D eigenvalue weighted by molar-refractivity contribution is 6.26. The Balaban J connectivity index is 1.10. The van der Waals surface area contributed by atoms with Gasteiger partial charge in [-0.3, -0.25) is 4.57 Å². The van der Waals surface area contributed by atoms with E-state index in [1.54, 1.807) is 0 Å². The zero-order valence-electron chi connectivity index (χ0n) is 29.1. The van der Waals surface area contributed by atoms with E-state index in [0.717, 1.165) is 71.9 Å². The SMILES string of the molecule is c1ccc2c(-c3ccc4c5ccccc5c5ccccc5c4c3)nc(-n3c4ccccc4c4cc(-c5cccc6c5oc5ccccc56)ccc43)cc2c1. The summed E-state index contributed by atoms with van der Waals surface area (Å²) >= 11 is 0. The van der Waals surface area contributed by atoms with Crippen LogP contribution in [0.1, 0.15) is 0 Å². The van der Waals surface area contributed by atoms with Crippen LogP contribution in [0.5, 0.6) is 0 Å². The number of hydrogen-bond acceptors (Lipinski definition) is 2. The summed E-state index contributed by atoms with van der Waals surface area (Å²) in [5.74, 6) is 0.894. The third-order valence-electron chi connectivity index (χ3n) is 11.4. The minimum atomic E-state index is 0.894. The Labute approximate surface area is 309 Å². The average Bonchev–Trinajstić information content (AvgIpc) is 3.79. The lowest BCUT2D eigenvalue weighted by molar-refractivity contribution is 0.670. The number of pyridine rings is 1. The number of hydrogen-bond donors (Lipinski definition) is 0. The molecule has 0 N–H and O–H groups in total. The van der Waals surface area contributed by atoms with E-state index < -0.39 is 0 Å². The monoisotopic (exact) mass is 686 g/mol. The highest BCUT2D eigenvalue weighted by atomic mass is 16.3. The quantitative estimate of drug-likeness (QED) is 0.173. The number of fused-ring (bicyclic) bond motifs is 13. The van der Waals surface area contributed by atoms with E-state index in [1.807, 2.05) is 12.1 Å². The lowest BCUT2D eigenvalue weighted by Gasteiger charge is -2.15. The second-order valence-corrected chi connectivity index (χ2v) is 14.3. The Morgan fingerprint density at radius 2 is 0.944 bits per heavy atom. The van der Waals surface area contributed by atoms with Gasteiger partial charge in [-0.15, -0.1) is 0 Å². The fourth-order valence-electron chi connectivity index (χ4n) is 8.94. The van der Waals surface area contributed by atoms with Crippen LogP contribution >= 0.6 is 0 Å². The number of nitrogens with zero attached hydrogens (tertiary/aromatic N) is 2. The van der Waals surface area contributed by atoms with Gasteiger partial charge in [0.05, 0.1) is 16.7 Å². The lowest BCUT2D eigenvalue weighted by atomic mass is 9.92. The summed E-state index contributed by atoms with van der Waals surface area (Å²) < 4.78 is 8.79. The van der Waals surface area contributed by atoms with Crippen molar-refractivity contribution in [3.05, 3.63) is 182 Å². The maximum Gasteiger partial charge on any atom is 0.143 e. The van der Waals surface area contributed by atoms with E-state index >= 15 is 0 Å². The molecule has 12 rings (SSSR count). The second-order valence-electron chi connectivity index (χ2n) is 14.3. The van der Waals surface area contributed by atoms with Gasteiger partial charge in [-0.1, -0.05) is 146 Å². The Morgan fingerprint density at radius 3 is 1.74 bits per heavy atom. The molecule has 0 unspecified atom stereocenters. The van der Waals surface area contributed by atoms with E-state index in [0.29, 0.717) is 0 Å². The van der Waals surface area contributed by atoms with E-state index in [4.69, 9.17) is 9.40 Å². The first-order chi connectivity index (χ1) is 26.8. The van der Waals surface area contributed by atoms with Gasteiger partial charge in [0.25, 0.3) is 0 Å². The molecule has 0 spiro atoms. The van der Waals surface area contributed by atoms with E-state index in [-0.39, 0.29) is 0 Å². The van der Waals surface area contributed by atoms with Crippen LogP contribution in [0.25, 0.3) is 115 Å². The first-order valence-electron chi connectivity index (χ1n) is 18.5. The number of aromatic nitrogens is 2. The molecule has 0 bridgehead atoms. The lowest BCUT2D eigenvalue weighted by Crippen LogP contribution is -2.00. The Morgan fingerprint density at radius 1 is 0.370 bits per heavy atom. The molecule has 0 aliphatic carbocycles. The van der Waals surface area contributed by atoms with Crippen molar-refractivity contribution in [2.75, 3.05) is 0 Å². The van der Waals surface area contributed by atoms with Gasteiger partial charge in [0.1, 0.15) is 17.0 Å². The summed E-state index contributed by atoms with van der Waals surface area (Å²) in [7, 11) is 0. The van der Waals surface area contributed by atoms with Crippen LogP contribution in [-0.4, -0.2) is 9.55 Å². The average molecular weight is 687 g/mol. The first kappa shape index (κ1) is 29.4. The van der Waals surface area contributed by atoms with Crippen LogP contribution in [-0.2, 0) is 0 Å². The zero-order valence-corrected chi connectivity index (χ0v) is 29.1. The summed E-state index contributed by atoms with van der Waals surface area (Å²) in [6.45, 7) is 0. The summed E-state index contributed by atoms with van der Waals surface area (Å²) in [5, 5.41) is 14.5. The molecule has 0 fully saturated rings. The highest BCUT2D eigenvalue weighted by Crippen LogP contribution is 2.41. The molecule has 3 heterocycles. The molecule has 0 amide bonds. The molecule has 0 atom stereocenters. The largest absolute Gasteiger partial charge is 0.455 e. The number of rotatable bonds is 3. The minimum absolute atomic E-state index is 0.894. The van der Waals surface area contributed by atoms with Gasteiger partial charge in [0, 0.05) is 38.1 Å². The van der Waals surface area contributed by atoms with Crippen molar-refractivity contribution in [1.29, 1.82) is 0 Å². The first-order valence-corrected chi connectivity index (χ1v) is 18.5. The molecule has 250 valence electrons. The molecule has 3 aromatic heterocycles. The van der Waals surface area contributed by atoms with Gasteiger partial charge in [-0.25, -0.2) is 4.98 Å². The Hall–Kier alpha value is -7.23. The van der Waals surface area contributed by atoms with Crippen molar-refractivity contribution >= 4 is 86.8 Å². The molecule has 0 saturated carbocycles. The number of benzene rings is 9. The maximum absolute atomic E-state index is 6.46. The Kier molecular flexibility index (Phi) is 6.05. The standard InChI is InChI=1S/C51H30N2O/c1-2-13-34-31(12-1)30-49(52-50(34)33-24-26-40-38-16-4-3-14-36(38)37-15-5-6-17-39(37)44(40)29-33)53-46-22-9-7-18-41(46)45-28-32(25-27-47(45)53)35-20-11-21-43-42-19-8-10-23-48(42)54-51(35)43/h1-30H. The maximum atomic E-state index is 6.46. The third-order valence-corrected chi connectivity index (χ3v) is 11.4. The summed E-state index contributed by atoms with van der Waals surface area (Å²) in [6.07, 6.45) is 0. The van der Waals surface area contributed by atoms with Crippen molar-refractivity contribution in [3.63, 3.8) is 0 Å². The molecule has 0 saturated heterocycles. The summed E-state index contributed by atoms with van der Waals surface area (Å²) in [5.41, 5.74) is 8.34. The van der Waals surface area contributed by atoms with Gasteiger partial charge in [0.2, 0.25) is 0 Å². The molecular formula is C51H30N2O. The molecule has 0 aliphatic rings. The molecule has 3 heteroatoms. The van der Waals surface area contributed by atoms with Gasteiger partial charge >= 0.3 is 0 Å². The normalized spacial score (nSPS) is 12.1. The smallest absolute Gasteiger partial charge is 0.143 e. The fraction of sp³-hybridized carbons (Fsp3) is 0. The van der Waals surface area contributed by atoms with Crippen molar-refractivity contribution in [2.45, 2.75) is 0 Å². The van der Waals surface area contributed by atoms with Crippen LogP contribution in [0.2, 0.25) is 0 Å². The molecule has 0 aliphatic heterocycles. The van der Waals surface area contributed by atoms with E-state index in [1.165, 1.54) is 43.1 Å². The van der Waals surface area contributed by atoms with E-state index in [9.17, 15) is 0 Å². The summed E-state index contributed by atoms with van der Waals surface area (Å²) in [4.78, 5) is 5.56. The van der Waals surface area contributed by atoms with Crippen LogP contribution in [0.15, 0.2) is 186 Å². The van der Waals surface area contributed by atoms with Gasteiger partial charge in [-0.2, -0.15) is 0 Å². The van der Waals surface area contributed by atoms with Crippen LogP contribution in [0, 0.1) is 0 Å². The fourth-order valence-corrected chi connectivity index (χ4v) is 8.94. The topological polar surface area (TPSA) is 31.0 Å². The molecule has 12 aromatic rings. The Bertz CT molecular complexity index is 3480. The third kappa shape index (κ3) is 4.15. The van der Waals surface area contributed by atoms with Crippen LogP contribution in [0.4, 0.5) is 0 Å². The molecular weight excluding hydrogens is 657 g/mol. The van der Waals surface area contributed by atoms with Gasteiger partial charge < -0.3 is 4.42 Å². The van der Waals surface area contributed by atoms with Crippen LogP contribution < -0.4 is 0 Å². The van der Waals surface area contributed by atoms with Crippen molar-refractivity contribution in [1.82, 2.24) is 9.55 Å². The predicted octanol–water partition coefficient (Wildman–Crippen LogP) is 14.0. The zero-order chi connectivity index (χ0) is 35.3. The number of para-hydroxylation sites is 3. The molecule has 9 aromatic carbocycles. The predicted molar refractivity (Wildman–Crippen MR) is 227 cm³/mol. The number of furan rings is 1. The molecule has 54 heavy (non-hydrogen) atoms. The van der Waals surface area contributed by atoms with Crippen LogP contribution in [0.3, 0.4) is 0 Å². The van der Waals surface area contributed by atoms with Crippen molar-refractivity contribution in [3.8, 4) is 28.2 Å². The van der Waals surface area contributed by atoms with Gasteiger partial charge in [-0.05, 0) is 79.7 Å². The molecule has 0 radical (unpaired) electrons. The highest BCUT2D eigenvalue weighted by Gasteiger charge is 2.19. The minimum Gasteiger partial charge on any atom is -0.455 e. The summed E-state index contributed by atoms with van der Waals surface area (Å²) in [6, 6.07) is 65.4. The van der Waals surface area contributed by atoms with Gasteiger partial charge in [0.15, 0.2) is 0 Å². The van der Waals surface area contributed by atoms with Crippen molar-refractivity contribution < 1.29 is 4.42 Å². The second kappa shape index (κ2) is 11.1.